The molecule has 2 aromatic carbocycles. The van der Waals surface area contributed by atoms with Gasteiger partial charge in [-0.25, -0.2) is 0 Å². The van der Waals surface area contributed by atoms with Crippen LogP contribution in [0.15, 0.2) is 53.0 Å². The number of amides is 1. The summed E-state index contributed by atoms with van der Waals surface area (Å²) in [6, 6.07) is 13.7. The van der Waals surface area contributed by atoms with Crippen molar-refractivity contribution < 1.29 is 14.6 Å². The van der Waals surface area contributed by atoms with Crippen LogP contribution in [0.2, 0.25) is 0 Å². The molecule has 0 fully saturated rings. The molecule has 0 aliphatic heterocycles. The van der Waals surface area contributed by atoms with Crippen molar-refractivity contribution in [3.63, 3.8) is 0 Å². The van der Waals surface area contributed by atoms with E-state index in [4.69, 9.17) is 4.74 Å². The second kappa shape index (κ2) is 6.43. The molecule has 2 rings (SSSR count). The number of ether oxygens (including phenoxy) is 1. The monoisotopic (exact) mass is 335 g/mol. The minimum atomic E-state index is -0.656. The Morgan fingerprint density at radius 2 is 2.00 bits per heavy atom. The fourth-order valence-electron chi connectivity index (χ4n) is 1.61. The first-order valence-electron chi connectivity index (χ1n) is 6.07. The van der Waals surface area contributed by atoms with Gasteiger partial charge in [0.1, 0.15) is 11.5 Å². The van der Waals surface area contributed by atoms with Gasteiger partial charge >= 0.3 is 0 Å². The summed E-state index contributed by atoms with van der Waals surface area (Å²) in [6.07, 6.45) is -0.656. The van der Waals surface area contributed by atoms with Crippen molar-refractivity contribution in [3.05, 3.63) is 53.0 Å². The van der Waals surface area contributed by atoms with Gasteiger partial charge in [0.2, 0.25) is 0 Å². The molecule has 0 bridgehead atoms. The number of nitrogens with one attached hydrogen (secondary N) is 1. The van der Waals surface area contributed by atoms with Gasteiger partial charge < -0.3 is 15.2 Å². The van der Waals surface area contributed by atoms with Crippen LogP contribution in [0.25, 0.3) is 0 Å². The molecule has 0 saturated heterocycles. The van der Waals surface area contributed by atoms with E-state index in [2.05, 4.69) is 21.2 Å². The number of aromatic hydroxyl groups is 1. The number of phenolic OH excluding ortho intramolecular Hbond substituents is 1. The maximum absolute atomic E-state index is 12.0. The van der Waals surface area contributed by atoms with Gasteiger partial charge in [-0.05, 0) is 47.1 Å². The van der Waals surface area contributed by atoms with Crippen LogP contribution < -0.4 is 10.1 Å². The van der Waals surface area contributed by atoms with Crippen molar-refractivity contribution in [2.45, 2.75) is 13.0 Å². The highest BCUT2D eigenvalue weighted by molar-refractivity contribution is 9.10. The van der Waals surface area contributed by atoms with Crippen LogP contribution in [0.4, 0.5) is 5.69 Å². The fraction of sp³-hybridized carbons (Fsp3) is 0.133. The van der Waals surface area contributed by atoms with Crippen LogP contribution in [0.5, 0.6) is 11.5 Å². The number of carbonyl (C=O) groups excluding carboxylic acids is 1. The molecular weight excluding hydrogens is 322 g/mol. The van der Waals surface area contributed by atoms with Crippen LogP contribution >= 0.6 is 15.9 Å². The normalized spacial score (nSPS) is 11.7. The lowest BCUT2D eigenvalue weighted by atomic mass is 10.2. The van der Waals surface area contributed by atoms with Gasteiger partial charge in [0.15, 0.2) is 6.10 Å². The first kappa shape index (κ1) is 14.4. The summed E-state index contributed by atoms with van der Waals surface area (Å²) in [5.41, 5.74) is 0.526. The van der Waals surface area contributed by atoms with Gasteiger partial charge in [0, 0.05) is 11.8 Å². The predicted octanol–water partition coefficient (Wildman–Crippen LogP) is 3.56. The summed E-state index contributed by atoms with van der Waals surface area (Å²) in [6.45, 7) is 1.66. The molecule has 0 aromatic heterocycles. The maximum atomic E-state index is 12.0. The maximum Gasteiger partial charge on any atom is 0.265 e. The number of phenols is 1. The van der Waals surface area contributed by atoms with E-state index in [1.165, 1.54) is 12.1 Å². The number of halogens is 1. The Bertz CT molecular complexity index is 616. The van der Waals surface area contributed by atoms with Crippen molar-refractivity contribution in [3.8, 4) is 11.5 Å². The zero-order valence-electron chi connectivity index (χ0n) is 10.8. The molecular formula is C15H14BrNO3. The summed E-state index contributed by atoms with van der Waals surface area (Å²) < 4.78 is 6.38. The molecule has 2 N–H and O–H groups in total. The Morgan fingerprint density at radius 1 is 1.25 bits per heavy atom. The average molecular weight is 336 g/mol. The molecule has 0 aliphatic carbocycles. The smallest absolute Gasteiger partial charge is 0.265 e. The molecule has 2 aromatic rings. The van der Waals surface area contributed by atoms with Crippen molar-refractivity contribution >= 4 is 27.5 Å². The third-order valence-corrected chi connectivity index (χ3v) is 3.28. The zero-order valence-corrected chi connectivity index (χ0v) is 12.4. The van der Waals surface area contributed by atoms with E-state index in [-0.39, 0.29) is 11.7 Å². The van der Waals surface area contributed by atoms with E-state index < -0.39 is 6.10 Å². The van der Waals surface area contributed by atoms with E-state index in [1.54, 1.807) is 25.1 Å². The van der Waals surface area contributed by atoms with E-state index in [0.29, 0.717) is 11.4 Å². The van der Waals surface area contributed by atoms with Gasteiger partial charge in [-0.3, -0.25) is 4.79 Å². The lowest BCUT2D eigenvalue weighted by Crippen LogP contribution is -2.30. The average Bonchev–Trinajstić information content (AvgIpc) is 2.41. The molecule has 0 saturated carbocycles. The summed E-state index contributed by atoms with van der Waals surface area (Å²) >= 11 is 3.36. The number of para-hydroxylation sites is 1. The molecule has 20 heavy (non-hydrogen) atoms. The first-order valence-corrected chi connectivity index (χ1v) is 6.86. The molecule has 104 valence electrons. The largest absolute Gasteiger partial charge is 0.508 e. The number of hydrogen-bond donors (Lipinski definition) is 2. The highest BCUT2D eigenvalue weighted by atomic mass is 79.9. The van der Waals surface area contributed by atoms with Gasteiger partial charge in [-0.1, -0.05) is 18.2 Å². The van der Waals surface area contributed by atoms with Crippen molar-refractivity contribution in [2.75, 3.05) is 5.32 Å². The quantitative estimate of drug-likeness (QED) is 0.898. The molecule has 0 unspecified atom stereocenters. The first-order chi connectivity index (χ1) is 9.56. The second-order valence-corrected chi connectivity index (χ2v) is 5.08. The molecule has 1 atom stereocenters. The van der Waals surface area contributed by atoms with Crippen LogP contribution in [0, 0.1) is 0 Å². The molecule has 0 radical (unpaired) electrons. The van der Waals surface area contributed by atoms with E-state index in [1.807, 2.05) is 18.2 Å². The number of rotatable bonds is 4. The Labute approximate surface area is 125 Å². The Morgan fingerprint density at radius 3 is 2.70 bits per heavy atom. The Balaban J connectivity index is 2.01. The van der Waals surface area contributed by atoms with Crippen molar-refractivity contribution in [1.82, 2.24) is 0 Å². The van der Waals surface area contributed by atoms with Crippen LogP contribution in [0.3, 0.4) is 0 Å². The summed E-state index contributed by atoms with van der Waals surface area (Å²) in [4.78, 5) is 12.0. The van der Waals surface area contributed by atoms with Crippen LogP contribution in [0.1, 0.15) is 6.92 Å². The third kappa shape index (κ3) is 3.74. The number of anilines is 1. The number of benzene rings is 2. The minimum Gasteiger partial charge on any atom is -0.508 e. The number of hydrogen-bond acceptors (Lipinski definition) is 3. The van der Waals surface area contributed by atoms with Crippen LogP contribution in [-0.2, 0) is 4.79 Å². The third-order valence-electron chi connectivity index (χ3n) is 2.62. The highest BCUT2D eigenvalue weighted by Gasteiger charge is 2.16. The topological polar surface area (TPSA) is 58.6 Å². The van der Waals surface area contributed by atoms with Gasteiger partial charge in [0.05, 0.1) is 4.47 Å². The van der Waals surface area contributed by atoms with Gasteiger partial charge in [-0.2, -0.15) is 0 Å². The second-order valence-electron chi connectivity index (χ2n) is 4.23. The Kier molecular flexibility index (Phi) is 4.63. The molecule has 0 spiro atoms. The minimum absolute atomic E-state index is 0.0992. The SMILES string of the molecule is C[C@H](Oc1ccccc1Br)C(=O)Nc1cccc(O)c1. The van der Waals surface area contributed by atoms with E-state index in [9.17, 15) is 9.90 Å². The van der Waals surface area contributed by atoms with Gasteiger partial charge in [-0.15, -0.1) is 0 Å². The molecule has 5 heteroatoms. The highest BCUT2D eigenvalue weighted by Crippen LogP contribution is 2.25. The molecule has 0 heterocycles. The molecule has 4 nitrogen and oxygen atoms in total. The van der Waals surface area contributed by atoms with Crippen LogP contribution in [-0.4, -0.2) is 17.1 Å². The molecule has 0 aliphatic rings. The lowest BCUT2D eigenvalue weighted by molar-refractivity contribution is -0.122. The summed E-state index contributed by atoms with van der Waals surface area (Å²) in [5, 5.41) is 12.0. The zero-order chi connectivity index (χ0) is 14.5. The summed E-state index contributed by atoms with van der Waals surface area (Å²) in [7, 11) is 0. The van der Waals surface area contributed by atoms with Crippen molar-refractivity contribution in [1.29, 1.82) is 0 Å². The van der Waals surface area contributed by atoms with Crippen molar-refractivity contribution in [2.24, 2.45) is 0 Å². The standard InChI is InChI=1S/C15H14BrNO3/c1-10(20-14-8-3-2-7-13(14)16)15(19)17-11-5-4-6-12(18)9-11/h2-10,18H,1H3,(H,17,19)/t10-/m0/s1. The summed E-state index contributed by atoms with van der Waals surface area (Å²) in [5.74, 6) is 0.416. The fourth-order valence-corrected chi connectivity index (χ4v) is 1.99. The number of carbonyl (C=O) groups is 1. The predicted molar refractivity (Wildman–Crippen MR) is 81.0 cm³/mol. The van der Waals surface area contributed by atoms with E-state index in [0.717, 1.165) is 4.47 Å². The van der Waals surface area contributed by atoms with E-state index >= 15 is 0 Å². The lowest BCUT2D eigenvalue weighted by Gasteiger charge is -2.15. The van der Waals surface area contributed by atoms with Gasteiger partial charge in [0.25, 0.3) is 5.91 Å². The molecule has 1 amide bonds. The Hall–Kier alpha value is -2.01.